The normalized spacial score (nSPS) is 42.9. The first kappa shape index (κ1) is 18.0. The minimum atomic E-state index is 1.00. The highest BCUT2D eigenvalue weighted by atomic mass is 16.2. The molecule has 0 aromatic rings. The lowest BCUT2D eigenvalue weighted by molar-refractivity contribution is -0.00903. The molecule has 3 saturated carbocycles. The molecule has 0 radical (unpaired) electrons. The quantitative estimate of drug-likeness (QED) is 0.620. The molecule has 0 spiro atoms. The van der Waals surface area contributed by atoms with Crippen LogP contribution in [0.3, 0.4) is 0 Å². The molecule has 0 aromatic carbocycles. The molecule has 0 heterocycles. The molecule has 1 heteroatoms. The second kappa shape index (κ2) is 9.07. The minimum Gasteiger partial charge on any atom is -0.400 e. The van der Waals surface area contributed by atoms with Gasteiger partial charge in [-0.25, -0.2) is 0 Å². The molecule has 0 aliphatic heterocycles. The Morgan fingerprint density at radius 1 is 0.700 bits per heavy atom. The Morgan fingerprint density at radius 3 is 2.05 bits per heavy atom. The van der Waals surface area contributed by atoms with Crippen LogP contribution in [0, 0.1) is 35.5 Å². The molecular weight excluding hydrogens is 244 g/mol. The van der Waals surface area contributed by atoms with E-state index < -0.39 is 0 Å². The van der Waals surface area contributed by atoms with E-state index in [9.17, 15) is 0 Å². The molecule has 6 unspecified atom stereocenters. The van der Waals surface area contributed by atoms with E-state index in [1.54, 1.807) is 32.1 Å². The van der Waals surface area contributed by atoms with Crippen LogP contribution >= 0.6 is 0 Å². The Morgan fingerprint density at radius 2 is 1.35 bits per heavy atom. The summed E-state index contributed by atoms with van der Waals surface area (Å²) in [6.45, 7) is 9.01. The van der Waals surface area contributed by atoms with Gasteiger partial charge in [0.15, 0.2) is 0 Å². The van der Waals surface area contributed by atoms with Crippen molar-refractivity contribution in [3.63, 3.8) is 0 Å². The predicted octanol–water partition coefficient (Wildman–Crippen LogP) is 5.52. The second-order valence-electron chi connectivity index (χ2n) is 7.16. The summed E-state index contributed by atoms with van der Waals surface area (Å²) < 4.78 is 0. The molecular formula is C19H38O. The van der Waals surface area contributed by atoms with Crippen molar-refractivity contribution in [1.82, 2.24) is 0 Å². The van der Waals surface area contributed by atoms with Crippen LogP contribution in [0.15, 0.2) is 0 Å². The van der Waals surface area contributed by atoms with Crippen LogP contribution in [0.5, 0.6) is 0 Å². The first-order valence-electron chi connectivity index (χ1n) is 9.20. The molecule has 3 fully saturated rings. The van der Waals surface area contributed by atoms with Crippen molar-refractivity contribution < 1.29 is 5.11 Å². The maximum absolute atomic E-state index is 7.00. The van der Waals surface area contributed by atoms with E-state index in [1.807, 2.05) is 13.8 Å². The van der Waals surface area contributed by atoms with Crippen LogP contribution in [0.25, 0.3) is 0 Å². The van der Waals surface area contributed by atoms with E-state index in [4.69, 9.17) is 5.11 Å². The SMILES string of the molecule is CC.CC1CCC2C(CCC3C(C)CCCC32)C1.CO. The number of aliphatic hydroxyl groups is 1. The fourth-order valence-corrected chi connectivity index (χ4v) is 5.38. The molecule has 0 aromatic heterocycles. The molecule has 0 saturated heterocycles. The zero-order valence-corrected chi connectivity index (χ0v) is 14.6. The first-order chi connectivity index (χ1) is 9.75. The molecule has 3 rings (SSSR count). The van der Waals surface area contributed by atoms with Gasteiger partial charge in [-0.05, 0) is 67.6 Å². The maximum Gasteiger partial charge on any atom is 0.0319 e. The first-order valence-corrected chi connectivity index (χ1v) is 9.20. The highest BCUT2D eigenvalue weighted by Gasteiger charge is 2.44. The third kappa shape index (κ3) is 4.00. The van der Waals surface area contributed by atoms with Crippen LogP contribution in [0.1, 0.15) is 79.1 Å². The Hall–Kier alpha value is -0.0400. The maximum atomic E-state index is 7.00. The Bertz CT molecular complexity index is 250. The fraction of sp³-hybridized carbons (Fsp3) is 1.00. The minimum absolute atomic E-state index is 1.00. The molecule has 0 bridgehead atoms. The van der Waals surface area contributed by atoms with Crippen molar-refractivity contribution in [1.29, 1.82) is 0 Å². The van der Waals surface area contributed by atoms with Crippen LogP contribution in [0.2, 0.25) is 0 Å². The van der Waals surface area contributed by atoms with Gasteiger partial charge in [0, 0.05) is 7.11 Å². The molecule has 6 atom stereocenters. The molecule has 1 nitrogen and oxygen atoms in total. The monoisotopic (exact) mass is 282 g/mol. The van der Waals surface area contributed by atoms with Crippen LogP contribution in [-0.2, 0) is 0 Å². The van der Waals surface area contributed by atoms with Crippen molar-refractivity contribution >= 4 is 0 Å². The van der Waals surface area contributed by atoms with Crippen molar-refractivity contribution in [3.8, 4) is 0 Å². The van der Waals surface area contributed by atoms with Crippen LogP contribution in [-0.4, -0.2) is 12.2 Å². The van der Waals surface area contributed by atoms with E-state index in [-0.39, 0.29) is 0 Å². The topological polar surface area (TPSA) is 20.2 Å². The zero-order chi connectivity index (χ0) is 15.1. The predicted molar refractivity (Wildman–Crippen MR) is 88.7 cm³/mol. The lowest BCUT2D eigenvalue weighted by Crippen LogP contribution is -2.42. The van der Waals surface area contributed by atoms with Crippen molar-refractivity contribution in [2.24, 2.45) is 35.5 Å². The highest BCUT2D eigenvalue weighted by Crippen LogP contribution is 2.53. The summed E-state index contributed by atoms with van der Waals surface area (Å²) in [5.74, 6) is 6.57. The van der Waals surface area contributed by atoms with Crippen LogP contribution < -0.4 is 0 Å². The lowest BCUT2D eigenvalue weighted by Gasteiger charge is -2.51. The third-order valence-electron chi connectivity index (χ3n) is 6.20. The number of aliphatic hydroxyl groups excluding tert-OH is 1. The zero-order valence-electron chi connectivity index (χ0n) is 14.6. The largest absolute Gasteiger partial charge is 0.400 e. The van der Waals surface area contributed by atoms with Gasteiger partial charge in [0.2, 0.25) is 0 Å². The van der Waals surface area contributed by atoms with Crippen molar-refractivity contribution in [2.45, 2.75) is 79.1 Å². The average molecular weight is 283 g/mol. The van der Waals surface area contributed by atoms with Gasteiger partial charge in [-0.2, -0.15) is 0 Å². The van der Waals surface area contributed by atoms with Gasteiger partial charge in [0.1, 0.15) is 0 Å². The van der Waals surface area contributed by atoms with E-state index in [0.717, 1.165) is 42.6 Å². The van der Waals surface area contributed by atoms with E-state index in [2.05, 4.69) is 13.8 Å². The summed E-state index contributed by atoms with van der Waals surface area (Å²) in [4.78, 5) is 0. The molecule has 0 amide bonds. The van der Waals surface area contributed by atoms with Gasteiger partial charge in [-0.1, -0.05) is 47.0 Å². The van der Waals surface area contributed by atoms with E-state index in [0.29, 0.717) is 0 Å². The Balaban J connectivity index is 0.000000461. The summed E-state index contributed by atoms with van der Waals surface area (Å²) >= 11 is 0. The third-order valence-corrected chi connectivity index (χ3v) is 6.20. The highest BCUT2D eigenvalue weighted by molar-refractivity contribution is 4.94. The summed E-state index contributed by atoms with van der Waals surface area (Å²) in [6.07, 6.45) is 12.4. The molecule has 120 valence electrons. The summed E-state index contributed by atoms with van der Waals surface area (Å²) in [7, 11) is 1.00. The summed E-state index contributed by atoms with van der Waals surface area (Å²) in [5.41, 5.74) is 0. The molecule has 3 aliphatic rings. The number of hydrogen-bond donors (Lipinski definition) is 1. The van der Waals surface area contributed by atoms with Gasteiger partial charge >= 0.3 is 0 Å². The molecule has 3 aliphatic carbocycles. The van der Waals surface area contributed by atoms with Gasteiger partial charge in [0.05, 0.1) is 0 Å². The van der Waals surface area contributed by atoms with Gasteiger partial charge in [-0.15, -0.1) is 0 Å². The Labute approximate surface area is 127 Å². The smallest absolute Gasteiger partial charge is 0.0319 e. The van der Waals surface area contributed by atoms with Crippen molar-refractivity contribution in [2.75, 3.05) is 7.11 Å². The van der Waals surface area contributed by atoms with Gasteiger partial charge in [0.25, 0.3) is 0 Å². The standard InChI is InChI=1S/C16H28.C2H6.CH4O/c1-11-6-8-15-13(10-11)7-9-14-12(2)4-3-5-16(14)15;2*1-2/h11-16H,3-10H2,1-2H3;1-2H3;2H,1H3. The summed E-state index contributed by atoms with van der Waals surface area (Å²) in [5, 5.41) is 7.00. The number of rotatable bonds is 0. The average Bonchev–Trinajstić information content (AvgIpc) is 2.51. The van der Waals surface area contributed by atoms with E-state index >= 15 is 0 Å². The van der Waals surface area contributed by atoms with Gasteiger partial charge in [-0.3, -0.25) is 0 Å². The Kier molecular flexibility index (Phi) is 8.17. The second-order valence-corrected chi connectivity index (χ2v) is 7.16. The van der Waals surface area contributed by atoms with Crippen LogP contribution in [0.4, 0.5) is 0 Å². The molecule has 1 N–H and O–H groups in total. The van der Waals surface area contributed by atoms with E-state index in [1.165, 1.54) is 19.3 Å². The number of fused-ring (bicyclic) bond motifs is 3. The lowest BCUT2D eigenvalue weighted by atomic mass is 9.54. The fourth-order valence-electron chi connectivity index (χ4n) is 5.38. The van der Waals surface area contributed by atoms with Gasteiger partial charge < -0.3 is 5.11 Å². The number of hydrogen-bond acceptors (Lipinski definition) is 1. The molecule has 20 heavy (non-hydrogen) atoms. The van der Waals surface area contributed by atoms with Crippen molar-refractivity contribution in [3.05, 3.63) is 0 Å². The summed E-state index contributed by atoms with van der Waals surface area (Å²) in [6, 6.07) is 0.